The molecule has 2 saturated heterocycles. The summed E-state index contributed by atoms with van der Waals surface area (Å²) in [5, 5.41) is 25.2. The van der Waals surface area contributed by atoms with E-state index in [1.807, 2.05) is 12.1 Å². The number of halogens is 2. The van der Waals surface area contributed by atoms with E-state index in [0.717, 1.165) is 25.9 Å². The van der Waals surface area contributed by atoms with Crippen molar-refractivity contribution in [1.82, 2.24) is 10.2 Å². The zero-order valence-corrected chi connectivity index (χ0v) is 27.4. The van der Waals surface area contributed by atoms with Crippen LogP contribution in [0.4, 0.5) is 8.78 Å². The van der Waals surface area contributed by atoms with Crippen LogP contribution in [-0.4, -0.2) is 65.4 Å². The van der Waals surface area contributed by atoms with Crippen LogP contribution in [0.25, 0.3) is 0 Å². The van der Waals surface area contributed by atoms with E-state index in [4.69, 9.17) is 4.74 Å². The van der Waals surface area contributed by atoms with Gasteiger partial charge in [0.2, 0.25) is 0 Å². The Balaban J connectivity index is 1.45. The molecule has 5 unspecified atom stereocenters. The van der Waals surface area contributed by atoms with Gasteiger partial charge >= 0.3 is 18.6 Å². The number of ether oxygens (including phenoxy) is 1. The normalized spacial score (nSPS) is 27.7. The highest BCUT2D eigenvalue weighted by Gasteiger charge is 2.66. The molecule has 5 rings (SSSR count). The molecule has 0 radical (unpaired) electrons. The maximum Gasteiger partial charge on any atom is 0.387 e. The SMILES string of the molecule is CCC1(C(=O)O)C(C)NC(C)C(CCCN2CCC(c3ccccc3)(c3ccccc3)CC2)(C(=O)O)C1c1ccccc1OC(F)F. The first-order valence-electron chi connectivity index (χ1n) is 16.6. The van der Waals surface area contributed by atoms with Gasteiger partial charge in [0.1, 0.15) is 5.75 Å². The molecule has 3 N–H and O–H groups in total. The Kier molecular flexibility index (Phi) is 10.4. The molecule has 47 heavy (non-hydrogen) atoms. The molecule has 0 spiro atoms. The van der Waals surface area contributed by atoms with Gasteiger partial charge in [0.15, 0.2) is 0 Å². The van der Waals surface area contributed by atoms with E-state index in [1.54, 1.807) is 32.9 Å². The van der Waals surface area contributed by atoms with Gasteiger partial charge in [-0.05, 0) is 88.3 Å². The highest BCUT2D eigenvalue weighted by molar-refractivity contribution is 5.84. The Morgan fingerprint density at radius 3 is 1.87 bits per heavy atom. The Morgan fingerprint density at radius 2 is 1.36 bits per heavy atom. The lowest BCUT2D eigenvalue weighted by Gasteiger charge is -2.57. The van der Waals surface area contributed by atoms with Crippen LogP contribution in [-0.2, 0) is 15.0 Å². The van der Waals surface area contributed by atoms with E-state index in [-0.39, 0.29) is 29.6 Å². The van der Waals surface area contributed by atoms with Gasteiger partial charge in [-0.1, -0.05) is 85.8 Å². The summed E-state index contributed by atoms with van der Waals surface area (Å²) < 4.78 is 32.1. The molecule has 9 heteroatoms. The zero-order chi connectivity index (χ0) is 33.8. The quantitative estimate of drug-likeness (QED) is 0.192. The molecular weight excluding hydrogens is 602 g/mol. The topological polar surface area (TPSA) is 99.1 Å². The third-order valence-corrected chi connectivity index (χ3v) is 11.3. The van der Waals surface area contributed by atoms with Crippen molar-refractivity contribution in [3.8, 4) is 5.75 Å². The van der Waals surface area contributed by atoms with E-state index >= 15 is 0 Å². The summed E-state index contributed by atoms with van der Waals surface area (Å²) >= 11 is 0. The number of carboxylic acid groups (broad SMARTS) is 2. The molecule has 3 aromatic rings. The lowest BCUT2D eigenvalue weighted by atomic mass is 9.49. The number of hydrogen-bond donors (Lipinski definition) is 3. The first kappa shape index (κ1) is 34.5. The van der Waals surface area contributed by atoms with E-state index in [9.17, 15) is 28.6 Å². The summed E-state index contributed by atoms with van der Waals surface area (Å²) in [6.45, 7) is 4.34. The molecule has 0 bridgehead atoms. The predicted octanol–water partition coefficient (Wildman–Crippen LogP) is 7.17. The molecule has 2 heterocycles. The number of nitrogens with one attached hydrogen (secondary N) is 1. The first-order valence-corrected chi connectivity index (χ1v) is 16.6. The van der Waals surface area contributed by atoms with Crippen LogP contribution in [0.1, 0.15) is 75.5 Å². The van der Waals surface area contributed by atoms with Crippen LogP contribution < -0.4 is 10.1 Å². The fraction of sp³-hybridized carbons (Fsp3) is 0.474. The molecule has 2 aliphatic rings. The van der Waals surface area contributed by atoms with Gasteiger partial charge in [0.25, 0.3) is 0 Å². The number of benzene rings is 3. The van der Waals surface area contributed by atoms with Gasteiger partial charge in [-0.3, -0.25) is 9.59 Å². The van der Waals surface area contributed by atoms with Crippen molar-refractivity contribution in [3.63, 3.8) is 0 Å². The third kappa shape index (κ3) is 6.16. The van der Waals surface area contributed by atoms with Crippen LogP contribution in [0.3, 0.4) is 0 Å². The van der Waals surface area contributed by atoms with Gasteiger partial charge in [-0.15, -0.1) is 0 Å². The molecule has 2 fully saturated rings. The summed E-state index contributed by atoms with van der Waals surface area (Å²) in [6.07, 6.45) is 2.55. The highest BCUT2D eigenvalue weighted by atomic mass is 19.3. The van der Waals surface area contributed by atoms with Gasteiger partial charge < -0.3 is 25.2 Å². The molecular formula is C38H46F2N2O5. The average Bonchev–Trinajstić information content (AvgIpc) is 3.06. The Labute approximate surface area is 275 Å². The Bertz CT molecular complexity index is 1470. The van der Waals surface area contributed by atoms with Gasteiger partial charge in [-0.25, -0.2) is 0 Å². The minimum Gasteiger partial charge on any atom is -0.481 e. The minimum absolute atomic E-state index is 0.0963. The standard InChI is InChI=1S/C38H46F2N2O5/c1-4-37(33(43)44)26(2)41-27(3)38(34(45)46,32(37)30-18-11-12-19-31(30)47-35(39)40)20-13-23-42-24-21-36(22-25-42,28-14-7-5-8-15-28)29-16-9-6-10-17-29/h5-12,14-19,26-27,32,35,41H,4,13,20-25H2,1-3H3,(H,43,44)(H,45,46). The van der Waals surface area contributed by atoms with E-state index in [0.29, 0.717) is 13.0 Å². The summed E-state index contributed by atoms with van der Waals surface area (Å²) in [7, 11) is 0. The van der Waals surface area contributed by atoms with E-state index in [2.05, 4.69) is 58.7 Å². The second-order valence-corrected chi connectivity index (χ2v) is 13.3. The molecule has 7 nitrogen and oxygen atoms in total. The monoisotopic (exact) mass is 648 g/mol. The predicted molar refractivity (Wildman–Crippen MR) is 177 cm³/mol. The fourth-order valence-corrected chi connectivity index (χ4v) is 8.87. The number of carbonyl (C=O) groups is 2. The van der Waals surface area contributed by atoms with Crippen molar-refractivity contribution in [2.45, 2.75) is 82.9 Å². The van der Waals surface area contributed by atoms with Gasteiger partial charge in [0.05, 0.1) is 10.8 Å². The molecule has 2 aliphatic heterocycles. The van der Waals surface area contributed by atoms with Gasteiger partial charge in [-0.2, -0.15) is 8.78 Å². The van der Waals surface area contributed by atoms with Crippen molar-refractivity contribution < 1.29 is 33.3 Å². The van der Waals surface area contributed by atoms with E-state index in [1.165, 1.54) is 23.3 Å². The number of rotatable bonds is 12. The van der Waals surface area contributed by atoms with Crippen molar-refractivity contribution in [2.24, 2.45) is 10.8 Å². The van der Waals surface area contributed by atoms with Crippen molar-refractivity contribution >= 4 is 11.9 Å². The van der Waals surface area contributed by atoms with Gasteiger partial charge in [0, 0.05) is 23.4 Å². The fourth-order valence-electron chi connectivity index (χ4n) is 8.87. The Morgan fingerprint density at radius 1 is 0.851 bits per heavy atom. The molecule has 0 aromatic heterocycles. The zero-order valence-electron chi connectivity index (χ0n) is 27.4. The molecule has 252 valence electrons. The lowest BCUT2D eigenvalue weighted by Crippen LogP contribution is -2.69. The smallest absolute Gasteiger partial charge is 0.387 e. The van der Waals surface area contributed by atoms with Crippen LogP contribution >= 0.6 is 0 Å². The minimum atomic E-state index is -3.15. The largest absolute Gasteiger partial charge is 0.481 e. The number of hydrogen-bond acceptors (Lipinski definition) is 5. The molecule has 5 atom stereocenters. The maximum absolute atomic E-state index is 13.6. The third-order valence-electron chi connectivity index (χ3n) is 11.3. The summed E-state index contributed by atoms with van der Waals surface area (Å²) in [5.41, 5.74) is -0.583. The van der Waals surface area contributed by atoms with Crippen LogP contribution in [0.2, 0.25) is 0 Å². The van der Waals surface area contributed by atoms with Crippen LogP contribution in [0, 0.1) is 10.8 Å². The molecule has 0 amide bonds. The molecule has 3 aromatic carbocycles. The summed E-state index contributed by atoms with van der Waals surface area (Å²) in [6, 6.07) is 25.9. The number of alkyl halides is 2. The number of likely N-dealkylation sites (tertiary alicyclic amines) is 1. The number of aliphatic carboxylic acids is 2. The van der Waals surface area contributed by atoms with Crippen LogP contribution in [0.5, 0.6) is 5.75 Å². The van der Waals surface area contributed by atoms with Crippen molar-refractivity contribution in [1.29, 1.82) is 0 Å². The molecule has 0 aliphatic carbocycles. The number of nitrogens with zero attached hydrogens (tertiary/aromatic N) is 1. The van der Waals surface area contributed by atoms with Crippen molar-refractivity contribution in [3.05, 3.63) is 102 Å². The lowest BCUT2D eigenvalue weighted by molar-refractivity contribution is -0.173. The second kappa shape index (κ2) is 14.1. The maximum atomic E-state index is 13.6. The molecule has 0 saturated carbocycles. The second-order valence-electron chi connectivity index (χ2n) is 13.3. The Hall–Kier alpha value is -3.82. The first-order chi connectivity index (χ1) is 22.5. The number of para-hydroxylation sites is 1. The number of carboxylic acids is 2. The summed E-state index contributed by atoms with van der Waals surface area (Å²) in [4.78, 5) is 29.2. The summed E-state index contributed by atoms with van der Waals surface area (Å²) in [5.74, 6) is -3.64. The van der Waals surface area contributed by atoms with Crippen LogP contribution in [0.15, 0.2) is 84.9 Å². The number of piperidine rings is 2. The average molecular weight is 649 g/mol. The van der Waals surface area contributed by atoms with E-state index < -0.39 is 47.4 Å². The van der Waals surface area contributed by atoms with Crippen molar-refractivity contribution in [2.75, 3.05) is 19.6 Å². The highest BCUT2D eigenvalue weighted by Crippen LogP contribution is 2.60.